The minimum atomic E-state index is -1.20. The number of piperidine rings is 1. The number of hydrogen-bond donors (Lipinski definition) is 2. The van der Waals surface area contributed by atoms with Crippen molar-refractivity contribution < 1.29 is 32.6 Å². The van der Waals surface area contributed by atoms with Gasteiger partial charge in [-0.1, -0.05) is 45.7 Å². The number of ether oxygens (including phenoxy) is 1. The van der Waals surface area contributed by atoms with Crippen molar-refractivity contribution in [2.24, 2.45) is 0 Å². The molecule has 44 heavy (non-hydrogen) atoms. The number of carbonyl (C=O) groups is 2. The number of H-pyrrole nitrogens is 1. The number of likely N-dealkylation sites (tertiary alicyclic amines) is 1. The van der Waals surface area contributed by atoms with Crippen LogP contribution in [0.3, 0.4) is 0 Å². The van der Waals surface area contributed by atoms with Crippen molar-refractivity contribution in [2.45, 2.75) is 65.9 Å². The molecule has 3 aromatic rings. The molecule has 3 heterocycles. The summed E-state index contributed by atoms with van der Waals surface area (Å²) in [5.74, 6) is -4.24. The zero-order valence-corrected chi connectivity index (χ0v) is 26.9. The monoisotopic (exact) mass is 638 g/mol. The molecule has 1 aromatic heterocycles. The van der Waals surface area contributed by atoms with E-state index in [0.717, 1.165) is 37.7 Å². The van der Waals surface area contributed by atoms with Crippen molar-refractivity contribution in [1.82, 2.24) is 15.1 Å². The number of nitrogens with zero attached hydrogens (tertiary/aromatic N) is 3. The molecule has 2 aliphatic heterocycles. The number of anilines is 1. The minimum Gasteiger partial charge on any atom is -0.478 e. The predicted molar refractivity (Wildman–Crippen MR) is 166 cm³/mol. The Kier molecular flexibility index (Phi) is 14.2. The van der Waals surface area contributed by atoms with Crippen LogP contribution in [0.2, 0.25) is 5.15 Å². The summed E-state index contributed by atoms with van der Waals surface area (Å²) in [6.07, 6.45) is 2.99. The Morgan fingerprint density at radius 2 is 1.64 bits per heavy atom. The molecule has 0 bridgehead atoms. The summed E-state index contributed by atoms with van der Waals surface area (Å²) in [6.45, 7) is 12.7. The molecular weight excluding hydrogens is 597 g/mol. The molecule has 8 nitrogen and oxygen atoms in total. The molecule has 0 amide bonds. The number of esters is 1. The van der Waals surface area contributed by atoms with Gasteiger partial charge in [0.1, 0.15) is 18.0 Å². The highest BCUT2D eigenvalue weighted by Gasteiger charge is 2.43. The fourth-order valence-corrected chi connectivity index (χ4v) is 4.78. The van der Waals surface area contributed by atoms with E-state index in [2.05, 4.69) is 36.0 Å². The standard InChI is InChI=1S/C16H20N2O4.C11H8ClF3N2.C3H8.C2H6/c1-17-8-6-16(7-9-17)11-18(10-14(19)22-16)13-4-2-12(3-5-13)15(20)21;1-5-10(16-17-11(5)12)3-6-2-8(14)9(15)4-7(6)13;1-3-2;1-2/h2-5H,6-11H2,1H3,(H,20,21);2,4H,3H2,1H3,(H,16,17);3H2,1-2H3;1-2H3. The van der Waals surface area contributed by atoms with Gasteiger partial charge in [-0.05, 0) is 49.9 Å². The fourth-order valence-electron chi connectivity index (χ4n) is 4.62. The first-order valence-electron chi connectivity index (χ1n) is 14.7. The number of aromatic carboxylic acids is 1. The molecule has 2 aromatic carbocycles. The van der Waals surface area contributed by atoms with Gasteiger partial charge in [-0.2, -0.15) is 5.10 Å². The molecular formula is C32H42ClF3N4O4. The second-order valence-corrected chi connectivity index (χ2v) is 10.9. The van der Waals surface area contributed by atoms with Gasteiger partial charge in [-0.3, -0.25) is 9.89 Å². The molecule has 12 heteroatoms. The lowest BCUT2D eigenvalue weighted by Gasteiger charge is -2.46. The van der Waals surface area contributed by atoms with E-state index in [1.165, 1.54) is 6.42 Å². The summed E-state index contributed by atoms with van der Waals surface area (Å²) in [5, 5.41) is 15.6. The first-order chi connectivity index (χ1) is 20.9. The number of hydrogen-bond acceptors (Lipinski definition) is 6. The largest absolute Gasteiger partial charge is 0.478 e. The average molecular weight is 639 g/mol. The van der Waals surface area contributed by atoms with Gasteiger partial charge in [0, 0.05) is 55.4 Å². The van der Waals surface area contributed by atoms with Crippen LogP contribution in [0.1, 0.15) is 74.1 Å². The molecule has 0 saturated carbocycles. The normalized spacial score (nSPS) is 15.6. The maximum absolute atomic E-state index is 13.4. The van der Waals surface area contributed by atoms with Crippen LogP contribution >= 0.6 is 11.6 Å². The molecule has 2 N–H and O–H groups in total. The Morgan fingerprint density at radius 1 is 1.07 bits per heavy atom. The lowest BCUT2D eigenvalue weighted by Crippen LogP contribution is -2.58. The van der Waals surface area contributed by atoms with Gasteiger partial charge < -0.3 is 19.6 Å². The lowest BCUT2D eigenvalue weighted by atomic mass is 9.89. The van der Waals surface area contributed by atoms with E-state index in [9.17, 15) is 22.8 Å². The van der Waals surface area contributed by atoms with Gasteiger partial charge in [0.05, 0.1) is 12.1 Å². The Morgan fingerprint density at radius 3 is 2.16 bits per heavy atom. The van der Waals surface area contributed by atoms with Crippen LogP contribution in [-0.2, 0) is 16.0 Å². The number of nitrogens with one attached hydrogen (secondary N) is 1. The van der Waals surface area contributed by atoms with E-state index in [1.807, 2.05) is 18.7 Å². The van der Waals surface area contributed by atoms with E-state index in [4.69, 9.17) is 21.4 Å². The number of aromatic amines is 1. The number of halogens is 4. The zero-order chi connectivity index (χ0) is 33.0. The van der Waals surface area contributed by atoms with Crippen LogP contribution in [0.5, 0.6) is 0 Å². The summed E-state index contributed by atoms with van der Waals surface area (Å²) >= 11 is 5.72. The lowest BCUT2D eigenvalue weighted by molar-refractivity contribution is -0.166. The van der Waals surface area contributed by atoms with Crippen LogP contribution in [0.15, 0.2) is 36.4 Å². The van der Waals surface area contributed by atoms with Crippen LogP contribution in [0.25, 0.3) is 0 Å². The van der Waals surface area contributed by atoms with Gasteiger partial charge in [0.25, 0.3) is 0 Å². The minimum absolute atomic E-state index is 0.0484. The maximum atomic E-state index is 13.4. The number of morpholine rings is 1. The van der Waals surface area contributed by atoms with Crippen LogP contribution < -0.4 is 4.90 Å². The van der Waals surface area contributed by atoms with Gasteiger partial charge in [0.2, 0.25) is 0 Å². The fraction of sp³-hybridized carbons (Fsp3) is 0.469. The number of carbonyl (C=O) groups excluding carboxylic acids is 1. The Bertz CT molecular complexity index is 1380. The number of rotatable bonds is 4. The number of benzene rings is 2. The maximum Gasteiger partial charge on any atom is 0.335 e. The van der Waals surface area contributed by atoms with Crippen LogP contribution in [-0.4, -0.2) is 71.0 Å². The number of carboxylic acid groups (broad SMARTS) is 1. The number of aromatic nitrogens is 2. The number of carboxylic acids is 1. The van der Waals surface area contributed by atoms with E-state index in [0.29, 0.717) is 23.9 Å². The first kappa shape index (κ1) is 36.6. The van der Waals surface area contributed by atoms with Gasteiger partial charge >= 0.3 is 11.9 Å². The van der Waals surface area contributed by atoms with Crippen molar-refractivity contribution in [1.29, 1.82) is 0 Å². The summed E-state index contributed by atoms with van der Waals surface area (Å²) in [4.78, 5) is 27.2. The summed E-state index contributed by atoms with van der Waals surface area (Å²) < 4.78 is 44.8. The van der Waals surface area contributed by atoms with Gasteiger partial charge in [0.15, 0.2) is 16.8 Å². The van der Waals surface area contributed by atoms with Crippen LogP contribution in [0, 0.1) is 24.4 Å². The molecule has 0 atom stereocenters. The topological polar surface area (TPSA) is 98.8 Å². The molecule has 0 radical (unpaired) electrons. The molecule has 0 aliphatic carbocycles. The molecule has 0 unspecified atom stereocenters. The SMILES string of the molecule is CC.CCC.CN1CCC2(CC1)CN(c1ccc(C(=O)O)cc1)CC(=O)O2.Cc1c(Cl)n[nH]c1Cc1cc(F)c(F)cc1F. The van der Waals surface area contributed by atoms with Crippen molar-refractivity contribution in [3.05, 3.63) is 81.4 Å². The summed E-state index contributed by atoms with van der Waals surface area (Å²) in [6, 6.07) is 8.00. The van der Waals surface area contributed by atoms with Crippen molar-refractivity contribution in [2.75, 3.05) is 38.1 Å². The molecule has 1 spiro atoms. The second kappa shape index (κ2) is 17.1. The molecule has 2 fully saturated rings. The third-order valence-electron chi connectivity index (χ3n) is 7.01. The quantitative estimate of drug-likeness (QED) is 0.234. The zero-order valence-electron chi connectivity index (χ0n) is 26.1. The van der Waals surface area contributed by atoms with E-state index in [-0.39, 0.29) is 35.2 Å². The highest BCUT2D eigenvalue weighted by atomic mass is 35.5. The Labute approximate surface area is 262 Å². The van der Waals surface area contributed by atoms with Crippen molar-refractivity contribution in [3.63, 3.8) is 0 Å². The Hall–Kier alpha value is -3.57. The smallest absolute Gasteiger partial charge is 0.335 e. The third kappa shape index (κ3) is 9.99. The molecule has 2 aliphatic rings. The first-order valence-corrected chi connectivity index (χ1v) is 15.1. The van der Waals surface area contributed by atoms with Gasteiger partial charge in [-0.15, -0.1) is 0 Å². The van der Waals surface area contributed by atoms with Crippen molar-refractivity contribution in [3.8, 4) is 0 Å². The highest BCUT2D eigenvalue weighted by molar-refractivity contribution is 6.30. The predicted octanol–water partition coefficient (Wildman–Crippen LogP) is 7.03. The summed E-state index contributed by atoms with van der Waals surface area (Å²) in [7, 11) is 2.07. The second-order valence-electron chi connectivity index (χ2n) is 10.5. The molecule has 2 saturated heterocycles. The van der Waals surface area contributed by atoms with Gasteiger partial charge in [-0.25, -0.2) is 18.0 Å². The Balaban J connectivity index is 0.000000275. The molecule has 5 rings (SSSR count). The molecule has 242 valence electrons. The van der Waals surface area contributed by atoms with E-state index >= 15 is 0 Å². The third-order valence-corrected chi connectivity index (χ3v) is 7.38. The van der Waals surface area contributed by atoms with E-state index < -0.39 is 29.0 Å². The highest BCUT2D eigenvalue weighted by Crippen LogP contribution is 2.32. The summed E-state index contributed by atoms with van der Waals surface area (Å²) in [5.41, 5.74) is 1.98. The average Bonchev–Trinajstić information content (AvgIpc) is 3.31. The van der Waals surface area contributed by atoms with Crippen LogP contribution in [0.4, 0.5) is 18.9 Å². The van der Waals surface area contributed by atoms with Crippen molar-refractivity contribution >= 4 is 29.2 Å². The van der Waals surface area contributed by atoms with E-state index in [1.54, 1.807) is 31.2 Å².